The van der Waals surface area contributed by atoms with Crippen LogP contribution in [-0.4, -0.2) is 0 Å². The lowest BCUT2D eigenvalue weighted by Gasteiger charge is -2.33. The van der Waals surface area contributed by atoms with Crippen LogP contribution >= 0.6 is 23.1 Å². The second kappa shape index (κ2) is 6.89. The average molecular weight is 472 g/mol. The Morgan fingerprint density at radius 3 is 2.03 bits per heavy atom. The Hall–Kier alpha value is -3.73. The van der Waals surface area contributed by atoms with E-state index < -0.39 is 0 Å². The van der Waals surface area contributed by atoms with Crippen LogP contribution in [0.2, 0.25) is 0 Å². The number of furan rings is 1. The van der Waals surface area contributed by atoms with Crippen molar-refractivity contribution in [3.63, 3.8) is 0 Å². The van der Waals surface area contributed by atoms with Crippen molar-refractivity contribution in [2.24, 2.45) is 0 Å². The van der Waals surface area contributed by atoms with E-state index in [9.17, 15) is 0 Å². The molecule has 1 aliphatic rings. The molecule has 0 N–H and O–H groups in total. The van der Waals surface area contributed by atoms with Crippen molar-refractivity contribution in [3.8, 4) is 0 Å². The van der Waals surface area contributed by atoms with E-state index in [1.807, 2.05) is 23.1 Å². The van der Waals surface area contributed by atoms with Crippen LogP contribution in [0.25, 0.3) is 42.1 Å². The SMILES string of the molecule is c1ccc2c(c1)Sc1ccccc1N2c1cccc2oc3ccc4c5ccccc5sc4c3c12. The molecule has 160 valence electrons. The molecule has 0 saturated carbocycles. The summed E-state index contributed by atoms with van der Waals surface area (Å²) in [6.45, 7) is 0. The predicted molar refractivity (Wildman–Crippen MR) is 145 cm³/mol. The summed E-state index contributed by atoms with van der Waals surface area (Å²) in [6.07, 6.45) is 0. The van der Waals surface area contributed by atoms with E-state index in [0.717, 1.165) is 16.9 Å². The van der Waals surface area contributed by atoms with Gasteiger partial charge in [-0.15, -0.1) is 11.3 Å². The van der Waals surface area contributed by atoms with Gasteiger partial charge in [-0.3, -0.25) is 0 Å². The van der Waals surface area contributed by atoms with E-state index >= 15 is 0 Å². The molecule has 2 aromatic heterocycles. The molecule has 0 bridgehead atoms. The Kier molecular flexibility index (Phi) is 3.78. The smallest absolute Gasteiger partial charge is 0.137 e. The highest BCUT2D eigenvalue weighted by Crippen LogP contribution is 2.54. The van der Waals surface area contributed by atoms with Crippen molar-refractivity contribution < 1.29 is 4.42 Å². The summed E-state index contributed by atoms with van der Waals surface area (Å²) in [7, 11) is 0. The molecule has 0 fully saturated rings. The molecule has 0 spiro atoms. The fourth-order valence-corrected chi connectivity index (χ4v) is 7.52. The lowest BCUT2D eigenvalue weighted by atomic mass is 10.1. The maximum atomic E-state index is 6.44. The molecule has 0 saturated heterocycles. The van der Waals surface area contributed by atoms with Crippen molar-refractivity contribution in [2.75, 3.05) is 4.90 Å². The van der Waals surface area contributed by atoms with Gasteiger partial charge in [-0.25, -0.2) is 0 Å². The second-order valence-corrected chi connectivity index (χ2v) is 10.7. The third-order valence-corrected chi connectivity index (χ3v) is 8.99. The number of hydrogen-bond acceptors (Lipinski definition) is 4. The Morgan fingerprint density at radius 2 is 1.21 bits per heavy atom. The van der Waals surface area contributed by atoms with Crippen LogP contribution in [-0.2, 0) is 0 Å². The average Bonchev–Trinajstić information content (AvgIpc) is 3.45. The van der Waals surface area contributed by atoms with Gasteiger partial charge in [-0.05, 0) is 54.6 Å². The van der Waals surface area contributed by atoms with E-state index in [1.54, 1.807) is 0 Å². The normalized spacial score (nSPS) is 13.1. The molecular formula is C30H17NOS2. The Labute approximate surface area is 204 Å². The van der Waals surface area contributed by atoms with Crippen molar-refractivity contribution in [2.45, 2.75) is 9.79 Å². The fraction of sp³-hybridized carbons (Fsp3) is 0. The molecule has 0 atom stereocenters. The summed E-state index contributed by atoms with van der Waals surface area (Å²) < 4.78 is 9.04. The highest BCUT2D eigenvalue weighted by atomic mass is 32.2. The van der Waals surface area contributed by atoms with Gasteiger partial charge in [0.15, 0.2) is 0 Å². The summed E-state index contributed by atoms with van der Waals surface area (Å²) in [5.74, 6) is 0. The number of rotatable bonds is 1. The van der Waals surface area contributed by atoms with Crippen LogP contribution in [0, 0.1) is 0 Å². The molecule has 0 unspecified atom stereocenters. The zero-order valence-electron chi connectivity index (χ0n) is 18.0. The first-order valence-electron chi connectivity index (χ1n) is 11.3. The molecule has 7 aromatic rings. The molecule has 2 nitrogen and oxygen atoms in total. The van der Waals surface area contributed by atoms with Gasteiger partial charge in [0.2, 0.25) is 0 Å². The zero-order valence-corrected chi connectivity index (χ0v) is 19.6. The Balaban J connectivity index is 1.53. The monoisotopic (exact) mass is 471 g/mol. The number of thiophene rings is 1. The molecule has 1 aliphatic heterocycles. The summed E-state index contributed by atoms with van der Waals surface area (Å²) in [5, 5.41) is 4.98. The highest BCUT2D eigenvalue weighted by Gasteiger charge is 2.27. The molecular weight excluding hydrogens is 454 g/mol. The van der Waals surface area contributed by atoms with E-state index in [-0.39, 0.29) is 0 Å². The van der Waals surface area contributed by atoms with Crippen molar-refractivity contribution in [1.29, 1.82) is 0 Å². The molecule has 0 radical (unpaired) electrons. The van der Waals surface area contributed by atoms with Crippen LogP contribution in [0.5, 0.6) is 0 Å². The second-order valence-electron chi connectivity index (χ2n) is 8.54. The van der Waals surface area contributed by atoms with Crippen molar-refractivity contribution in [3.05, 3.63) is 103 Å². The maximum Gasteiger partial charge on any atom is 0.137 e. The summed E-state index contributed by atoms with van der Waals surface area (Å²) in [4.78, 5) is 4.93. The number of fused-ring (bicyclic) bond motifs is 9. The molecule has 5 aromatic carbocycles. The van der Waals surface area contributed by atoms with Crippen molar-refractivity contribution >= 4 is 82.3 Å². The molecule has 3 heterocycles. The van der Waals surface area contributed by atoms with E-state index in [1.165, 1.54) is 52.1 Å². The quantitative estimate of drug-likeness (QED) is 0.237. The number of hydrogen-bond donors (Lipinski definition) is 0. The predicted octanol–water partition coefficient (Wildman–Crippen LogP) is 9.89. The first-order valence-corrected chi connectivity index (χ1v) is 12.9. The van der Waals surface area contributed by atoms with Gasteiger partial charge < -0.3 is 9.32 Å². The molecule has 34 heavy (non-hydrogen) atoms. The fourth-order valence-electron chi connectivity index (χ4n) is 5.22. The molecule has 0 amide bonds. The first kappa shape index (κ1) is 18.7. The topological polar surface area (TPSA) is 16.4 Å². The first-order chi connectivity index (χ1) is 16.9. The summed E-state index contributed by atoms with van der Waals surface area (Å²) in [5.41, 5.74) is 5.43. The third-order valence-electron chi connectivity index (χ3n) is 6.66. The number of nitrogens with zero attached hydrogens (tertiary/aromatic N) is 1. The van der Waals surface area contributed by atoms with Crippen LogP contribution in [0.15, 0.2) is 117 Å². The lowest BCUT2D eigenvalue weighted by Crippen LogP contribution is -2.14. The van der Waals surface area contributed by atoms with Crippen LogP contribution in [0.3, 0.4) is 0 Å². The number of anilines is 3. The van der Waals surface area contributed by atoms with E-state index in [0.29, 0.717) is 0 Å². The minimum absolute atomic E-state index is 0.922. The van der Waals surface area contributed by atoms with Crippen LogP contribution in [0.4, 0.5) is 17.1 Å². The summed E-state index contributed by atoms with van der Waals surface area (Å²) >= 11 is 3.69. The lowest BCUT2D eigenvalue weighted by molar-refractivity contribution is 0.669. The van der Waals surface area contributed by atoms with Crippen LogP contribution < -0.4 is 4.90 Å². The van der Waals surface area contributed by atoms with E-state index in [2.05, 4.69) is 108 Å². The Morgan fingerprint density at radius 1 is 0.529 bits per heavy atom. The van der Waals surface area contributed by atoms with Gasteiger partial charge >= 0.3 is 0 Å². The van der Waals surface area contributed by atoms with Gasteiger partial charge in [0.25, 0.3) is 0 Å². The largest absolute Gasteiger partial charge is 0.456 e. The highest BCUT2D eigenvalue weighted by molar-refractivity contribution is 7.99. The van der Waals surface area contributed by atoms with E-state index in [4.69, 9.17) is 4.42 Å². The third kappa shape index (κ3) is 2.47. The number of para-hydroxylation sites is 2. The van der Waals surface area contributed by atoms with Gasteiger partial charge in [0.05, 0.1) is 22.4 Å². The summed E-state index contributed by atoms with van der Waals surface area (Å²) in [6, 6.07) is 36.8. The van der Waals surface area contributed by atoms with Crippen molar-refractivity contribution in [1.82, 2.24) is 0 Å². The van der Waals surface area contributed by atoms with Gasteiger partial charge in [-0.1, -0.05) is 60.3 Å². The van der Waals surface area contributed by atoms with Gasteiger partial charge in [-0.2, -0.15) is 0 Å². The molecule has 4 heteroatoms. The molecule has 0 aliphatic carbocycles. The zero-order chi connectivity index (χ0) is 22.2. The van der Waals surface area contributed by atoms with Gasteiger partial charge in [0.1, 0.15) is 11.2 Å². The minimum Gasteiger partial charge on any atom is -0.456 e. The standard InChI is InChI=1S/C30H17NOS2/c1-4-13-25-18(8-1)19-16-17-24-29(30(19)34-25)28-22(11-7-12-23(28)32-24)31-20-9-2-5-14-26(20)33-27-15-6-3-10-21(27)31/h1-17H. The van der Waals surface area contributed by atoms with Crippen LogP contribution in [0.1, 0.15) is 0 Å². The number of benzene rings is 5. The minimum atomic E-state index is 0.922. The molecule has 8 rings (SSSR count). The maximum absolute atomic E-state index is 6.44. The Bertz CT molecular complexity index is 1870. The van der Waals surface area contributed by atoms with Gasteiger partial charge in [0, 0.05) is 35.3 Å².